The van der Waals surface area contributed by atoms with Gasteiger partial charge in [0.1, 0.15) is 11.6 Å². The molecule has 0 amide bonds. The fourth-order valence-electron chi connectivity index (χ4n) is 3.89. The Morgan fingerprint density at radius 3 is 2.74 bits per heavy atom. The van der Waals surface area contributed by atoms with Crippen LogP contribution in [0.2, 0.25) is 0 Å². The Labute approximate surface area is 186 Å². The Morgan fingerprint density at radius 1 is 1.16 bits per heavy atom. The van der Waals surface area contributed by atoms with Gasteiger partial charge in [0, 0.05) is 18.2 Å². The molecule has 162 valence electrons. The van der Waals surface area contributed by atoms with E-state index in [2.05, 4.69) is 41.6 Å². The number of aryl methyl sites for hydroxylation is 1. The van der Waals surface area contributed by atoms with E-state index in [-0.39, 0.29) is 5.95 Å². The normalized spacial score (nSPS) is 14.5. The Bertz CT molecular complexity index is 1040. The molecule has 0 unspecified atom stereocenters. The number of benzene rings is 1. The smallest absolute Gasteiger partial charge is 0.232 e. The van der Waals surface area contributed by atoms with Crippen LogP contribution in [0.25, 0.3) is 0 Å². The molecular weight excluding hydrogens is 408 g/mol. The van der Waals surface area contributed by atoms with Gasteiger partial charge >= 0.3 is 0 Å². The van der Waals surface area contributed by atoms with Crippen molar-refractivity contribution in [2.45, 2.75) is 62.4 Å². The molecule has 0 radical (unpaired) electrons. The van der Waals surface area contributed by atoms with E-state index < -0.39 is 0 Å². The molecule has 1 aromatic carbocycles. The van der Waals surface area contributed by atoms with Crippen molar-refractivity contribution in [3.05, 3.63) is 54.1 Å². The molecule has 0 atom stereocenters. The summed E-state index contributed by atoms with van der Waals surface area (Å²) in [6.07, 6.45) is 8.08. The highest BCUT2D eigenvalue weighted by molar-refractivity contribution is 7.98. The minimum Gasteiger partial charge on any atom is -0.368 e. The minimum absolute atomic E-state index is 0.192. The van der Waals surface area contributed by atoms with Crippen LogP contribution in [0.3, 0.4) is 0 Å². The van der Waals surface area contributed by atoms with Crippen LogP contribution in [0.4, 0.5) is 17.6 Å². The Balaban J connectivity index is 1.50. The van der Waals surface area contributed by atoms with E-state index in [1.54, 1.807) is 11.8 Å². The lowest BCUT2D eigenvalue weighted by atomic mass is 9.89. The quantitative estimate of drug-likeness (QED) is 0.389. The van der Waals surface area contributed by atoms with Crippen LogP contribution in [0.1, 0.15) is 55.2 Å². The number of anilines is 3. The van der Waals surface area contributed by atoms with Gasteiger partial charge in [-0.2, -0.15) is 15.0 Å². The Hall–Kier alpha value is -2.94. The Kier molecular flexibility index (Phi) is 6.81. The molecule has 0 aliphatic heterocycles. The van der Waals surface area contributed by atoms with Crippen molar-refractivity contribution in [2.24, 2.45) is 0 Å². The summed E-state index contributed by atoms with van der Waals surface area (Å²) >= 11 is 1.56. The second-order valence-electron chi connectivity index (χ2n) is 7.74. The lowest BCUT2D eigenvalue weighted by Crippen LogP contribution is -2.12. The van der Waals surface area contributed by atoms with Crippen LogP contribution in [-0.2, 0) is 12.3 Å². The van der Waals surface area contributed by atoms with Crippen molar-refractivity contribution < 1.29 is 0 Å². The molecule has 0 bridgehead atoms. The average molecular weight is 437 g/mol. The maximum absolute atomic E-state index is 5.94. The number of nitrogens with two attached hydrogens (primary N) is 1. The van der Waals surface area contributed by atoms with Crippen LogP contribution in [-0.4, -0.2) is 29.7 Å². The lowest BCUT2D eigenvalue weighted by Gasteiger charge is -2.21. The fourth-order valence-corrected chi connectivity index (χ4v) is 4.70. The van der Waals surface area contributed by atoms with E-state index in [0.717, 1.165) is 22.2 Å². The summed E-state index contributed by atoms with van der Waals surface area (Å²) in [5, 5.41) is 13.1. The standard InChI is InChI=1S/C22H28N8S/c1-3-13-30-19(16-10-5-4-6-11-16)28-29-22(30)31-14-18-25-20(23)27-21(26-18)24-17-12-8-7-9-15(17)2/h3,7-9,12,16H,1,4-6,10-11,13-14H2,2H3,(H3,23,24,25,26,27). The average Bonchev–Trinajstić information content (AvgIpc) is 3.17. The summed E-state index contributed by atoms with van der Waals surface area (Å²) in [7, 11) is 0. The fraction of sp³-hybridized carbons (Fsp3) is 0.409. The SMILES string of the molecule is C=CCn1c(SCc2nc(N)nc(Nc3ccccc3C)n2)nnc1C1CCCCC1. The summed E-state index contributed by atoms with van der Waals surface area (Å²) in [5.74, 6) is 3.30. The van der Waals surface area contributed by atoms with Gasteiger partial charge in [0.25, 0.3) is 0 Å². The molecule has 1 aliphatic carbocycles. The van der Waals surface area contributed by atoms with Gasteiger partial charge in [-0.25, -0.2) is 0 Å². The number of thioether (sulfide) groups is 1. The molecule has 2 aromatic heterocycles. The lowest BCUT2D eigenvalue weighted by molar-refractivity contribution is 0.415. The molecule has 0 saturated heterocycles. The molecule has 3 N–H and O–H groups in total. The molecule has 3 aromatic rings. The van der Waals surface area contributed by atoms with Crippen LogP contribution in [0.15, 0.2) is 42.1 Å². The van der Waals surface area contributed by atoms with Gasteiger partial charge in [0.15, 0.2) is 5.16 Å². The number of nitrogens with one attached hydrogen (secondary N) is 1. The van der Waals surface area contributed by atoms with Gasteiger partial charge in [-0.15, -0.1) is 16.8 Å². The molecule has 31 heavy (non-hydrogen) atoms. The third kappa shape index (κ3) is 5.22. The minimum atomic E-state index is 0.192. The zero-order valence-corrected chi connectivity index (χ0v) is 18.6. The predicted molar refractivity (Wildman–Crippen MR) is 124 cm³/mol. The van der Waals surface area contributed by atoms with Gasteiger partial charge in [-0.1, -0.05) is 55.3 Å². The van der Waals surface area contributed by atoms with E-state index in [9.17, 15) is 0 Å². The van der Waals surface area contributed by atoms with Crippen molar-refractivity contribution >= 4 is 29.3 Å². The van der Waals surface area contributed by atoms with Gasteiger partial charge in [0.2, 0.25) is 11.9 Å². The molecule has 1 saturated carbocycles. The first-order valence-electron chi connectivity index (χ1n) is 10.6. The highest BCUT2D eigenvalue weighted by Gasteiger charge is 2.23. The van der Waals surface area contributed by atoms with Crippen LogP contribution in [0, 0.1) is 6.92 Å². The molecule has 0 spiro atoms. The summed E-state index contributed by atoms with van der Waals surface area (Å²) < 4.78 is 2.17. The van der Waals surface area contributed by atoms with Crippen molar-refractivity contribution in [2.75, 3.05) is 11.1 Å². The van der Waals surface area contributed by atoms with Crippen molar-refractivity contribution in [1.29, 1.82) is 0 Å². The van der Waals surface area contributed by atoms with Gasteiger partial charge in [-0.05, 0) is 31.4 Å². The van der Waals surface area contributed by atoms with Gasteiger partial charge < -0.3 is 15.6 Å². The number of para-hydroxylation sites is 1. The van der Waals surface area contributed by atoms with Crippen LogP contribution >= 0.6 is 11.8 Å². The monoisotopic (exact) mass is 436 g/mol. The van der Waals surface area contributed by atoms with Crippen molar-refractivity contribution in [3.63, 3.8) is 0 Å². The largest absolute Gasteiger partial charge is 0.368 e. The number of hydrogen-bond donors (Lipinski definition) is 2. The summed E-state index contributed by atoms with van der Waals surface area (Å²) in [6.45, 7) is 6.63. The highest BCUT2D eigenvalue weighted by Crippen LogP contribution is 2.33. The van der Waals surface area contributed by atoms with Crippen LogP contribution < -0.4 is 11.1 Å². The zero-order valence-electron chi connectivity index (χ0n) is 17.8. The van der Waals surface area contributed by atoms with E-state index in [4.69, 9.17) is 5.73 Å². The number of hydrogen-bond acceptors (Lipinski definition) is 8. The van der Waals surface area contributed by atoms with E-state index in [1.807, 2.05) is 37.3 Å². The topological polar surface area (TPSA) is 107 Å². The molecular formula is C22H28N8S. The van der Waals surface area contributed by atoms with Gasteiger partial charge in [-0.3, -0.25) is 0 Å². The molecule has 1 fully saturated rings. The third-order valence-electron chi connectivity index (χ3n) is 5.45. The first-order chi connectivity index (χ1) is 15.1. The molecule has 1 aliphatic rings. The van der Waals surface area contributed by atoms with E-state index >= 15 is 0 Å². The maximum Gasteiger partial charge on any atom is 0.232 e. The molecule has 8 nitrogen and oxygen atoms in total. The van der Waals surface area contributed by atoms with Crippen LogP contribution in [0.5, 0.6) is 0 Å². The number of nitrogens with zero attached hydrogens (tertiary/aromatic N) is 6. The second kappa shape index (κ2) is 9.91. The van der Waals surface area contributed by atoms with Crippen molar-refractivity contribution in [3.8, 4) is 0 Å². The summed E-state index contributed by atoms with van der Waals surface area (Å²) in [6, 6.07) is 7.96. The second-order valence-corrected chi connectivity index (χ2v) is 8.68. The summed E-state index contributed by atoms with van der Waals surface area (Å²) in [4.78, 5) is 13.1. The summed E-state index contributed by atoms with van der Waals surface area (Å²) in [5.41, 5.74) is 7.98. The van der Waals surface area contributed by atoms with Gasteiger partial charge in [0.05, 0.1) is 5.75 Å². The first kappa shape index (κ1) is 21.3. The third-order valence-corrected chi connectivity index (χ3v) is 6.41. The maximum atomic E-state index is 5.94. The number of allylic oxidation sites excluding steroid dienone is 1. The molecule has 2 heterocycles. The number of aromatic nitrogens is 6. The number of nitrogen functional groups attached to an aromatic ring is 1. The van der Waals surface area contributed by atoms with E-state index in [0.29, 0.717) is 30.0 Å². The zero-order chi connectivity index (χ0) is 21.6. The molecule has 4 rings (SSSR count). The first-order valence-corrected chi connectivity index (χ1v) is 11.6. The van der Waals surface area contributed by atoms with Crippen molar-refractivity contribution in [1.82, 2.24) is 29.7 Å². The van der Waals surface area contributed by atoms with E-state index in [1.165, 1.54) is 32.1 Å². The molecule has 9 heteroatoms. The number of rotatable bonds is 8. The Morgan fingerprint density at radius 2 is 1.97 bits per heavy atom. The highest BCUT2D eigenvalue weighted by atomic mass is 32.2. The predicted octanol–water partition coefficient (Wildman–Crippen LogP) is 4.62.